The molecular weight excluding hydrogens is 463 g/mol. The van der Waals surface area contributed by atoms with Gasteiger partial charge in [-0.2, -0.15) is 0 Å². The Kier molecular flexibility index (Phi) is 12.3. The molecule has 1 N–H and O–H groups in total. The molecule has 0 spiro atoms. The molecule has 26 heavy (non-hydrogen) atoms. The second kappa shape index (κ2) is 12.4. The minimum atomic E-state index is -3.02. The first-order valence-electron chi connectivity index (χ1n) is 9.75. The lowest BCUT2D eigenvalue weighted by atomic mass is 10.2. The fraction of sp³-hybridized carbons (Fsp3) is 0.944. The van der Waals surface area contributed by atoms with Crippen LogP contribution in [-0.2, 0) is 9.84 Å². The van der Waals surface area contributed by atoms with E-state index in [9.17, 15) is 8.42 Å². The lowest BCUT2D eigenvalue weighted by Crippen LogP contribution is -2.57. The second-order valence-electron chi connectivity index (χ2n) is 7.43. The van der Waals surface area contributed by atoms with Crippen LogP contribution in [0.3, 0.4) is 0 Å². The number of nitrogens with zero attached hydrogens (tertiary/aromatic N) is 3. The van der Waals surface area contributed by atoms with Crippen LogP contribution >= 0.6 is 24.0 Å². The zero-order valence-electron chi connectivity index (χ0n) is 17.3. The summed E-state index contributed by atoms with van der Waals surface area (Å²) in [5.41, 5.74) is 0. The zero-order valence-corrected chi connectivity index (χ0v) is 20.4. The lowest BCUT2D eigenvalue weighted by Gasteiger charge is -2.39. The maximum Gasteiger partial charge on any atom is 0.193 e. The van der Waals surface area contributed by atoms with Gasteiger partial charge in [0.05, 0.1) is 10.5 Å². The molecule has 0 aromatic rings. The van der Waals surface area contributed by atoms with E-state index in [1.165, 1.54) is 12.8 Å². The molecule has 1 aliphatic rings. The SMILES string of the molecule is CCCN(CCC)CCCN=C(NCC)N1CCS(=O)(=O)C(C)(C)C1.I. The molecule has 156 valence electrons. The number of hydrogen-bond donors (Lipinski definition) is 1. The average Bonchev–Trinajstić information content (AvgIpc) is 2.53. The topological polar surface area (TPSA) is 65.0 Å². The molecule has 0 aliphatic carbocycles. The molecule has 0 aromatic carbocycles. The monoisotopic (exact) mass is 502 g/mol. The molecule has 0 bridgehead atoms. The van der Waals surface area contributed by atoms with Crippen molar-refractivity contribution in [3.8, 4) is 0 Å². The summed E-state index contributed by atoms with van der Waals surface area (Å²) in [6.07, 6.45) is 3.40. The van der Waals surface area contributed by atoms with Gasteiger partial charge in [0, 0.05) is 26.2 Å². The predicted octanol–water partition coefficient (Wildman–Crippen LogP) is 2.59. The second-order valence-corrected chi connectivity index (χ2v) is 10.2. The third-order valence-corrected chi connectivity index (χ3v) is 7.18. The number of guanidine groups is 1. The van der Waals surface area contributed by atoms with E-state index in [2.05, 4.69) is 29.0 Å². The van der Waals surface area contributed by atoms with Gasteiger partial charge in [-0.15, -0.1) is 24.0 Å². The summed E-state index contributed by atoms with van der Waals surface area (Å²) in [6.45, 7) is 16.1. The van der Waals surface area contributed by atoms with E-state index in [-0.39, 0.29) is 29.7 Å². The van der Waals surface area contributed by atoms with Crippen molar-refractivity contribution >= 4 is 39.8 Å². The highest BCUT2D eigenvalue weighted by molar-refractivity contribution is 14.0. The van der Waals surface area contributed by atoms with Crippen LogP contribution in [-0.4, -0.2) is 80.5 Å². The molecule has 0 radical (unpaired) electrons. The molecular formula is C18H39IN4O2S. The molecule has 1 aliphatic heterocycles. The van der Waals surface area contributed by atoms with E-state index in [1.54, 1.807) is 0 Å². The first kappa shape index (κ1) is 25.9. The van der Waals surface area contributed by atoms with E-state index in [1.807, 2.05) is 20.8 Å². The van der Waals surface area contributed by atoms with Crippen molar-refractivity contribution in [3.05, 3.63) is 0 Å². The molecule has 8 heteroatoms. The summed E-state index contributed by atoms with van der Waals surface area (Å²) in [4.78, 5) is 9.35. The van der Waals surface area contributed by atoms with Crippen LogP contribution in [0.2, 0.25) is 0 Å². The summed E-state index contributed by atoms with van der Waals surface area (Å²) in [7, 11) is -3.02. The summed E-state index contributed by atoms with van der Waals surface area (Å²) in [5, 5.41) is 3.32. The highest BCUT2D eigenvalue weighted by Gasteiger charge is 2.40. The Balaban J connectivity index is 0.00000625. The largest absolute Gasteiger partial charge is 0.357 e. The quantitative estimate of drug-likeness (QED) is 0.227. The summed E-state index contributed by atoms with van der Waals surface area (Å²) >= 11 is 0. The van der Waals surface area contributed by atoms with Gasteiger partial charge >= 0.3 is 0 Å². The van der Waals surface area contributed by atoms with Crippen LogP contribution in [0.4, 0.5) is 0 Å². The van der Waals surface area contributed by atoms with Crippen molar-refractivity contribution in [1.82, 2.24) is 15.1 Å². The Labute approximate surface area is 178 Å². The fourth-order valence-electron chi connectivity index (χ4n) is 3.20. The van der Waals surface area contributed by atoms with E-state index in [0.717, 1.165) is 45.1 Å². The van der Waals surface area contributed by atoms with Gasteiger partial charge in [-0.3, -0.25) is 4.99 Å². The van der Waals surface area contributed by atoms with E-state index in [0.29, 0.717) is 13.1 Å². The molecule has 0 saturated carbocycles. The molecule has 6 nitrogen and oxygen atoms in total. The van der Waals surface area contributed by atoms with Crippen LogP contribution in [0.1, 0.15) is 53.9 Å². The summed E-state index contributed by atoms with van der Waals surface area (Å²) < 4.78 is 23.7. The number of rotatable bonds is 9. The van der Waals surface area contributed by atoms with Gasteiger partial charge in [-0.05, 0) is 59.7 Å². The molecule has 1 rings (SSSR count). The van der Waals surface area contributed by atoms with Crippen molar-refractivity contribution in [2.45, 2.75) is 58.6 Å². The normalized spacial score (nSPS) is 19.3. The van der Waals surface area contributed by atoms with Crippen LogP contribution in [0.5, 0.6) is 0 Å². The first-order valence-corrected chi connectivity index (χ1v) is 11.4. The maximum absolute atomic E-state index is 12.2. The van der Waals surface area contributed by atoms with Crippen LogP contribution < -0.4 is 5.32 Å². The number of nitrogens with one attached hydrogen (secondary N) is 1. The highest BCUT2D eigenvalue weighted by atomic mass is 127. The first-order chi connectivity index (χ1) is 11.8. The number of aliphatic imine (C=N–C) groups is 1. The fourth-order valence-corrected chi connectivity index (χ4v) is 4.56. The number of hydrogen-bond acceptors (Lipinski definition) is 4. The van der Waals surface area contributed by atoms with Crippen molar-refractivity contribution in [2.24, 2.45) is 4.99 Å². The van der Waals surface area contributed by atoms with Crippen LogP contribution in [0, 0.1) is 0 Å². The van der Waals surface area contributed by atoms with Crippen molar-refractivity contribution in [2.75, 3.05) is 51.6 Å². The Hall–Kier alpha value is -0.0900. The molecule has 0 atom stereocenters. The van der Waals surface area contributed by atoms with E-state index >= 15 is 0 Å². The third-order valence-electron chi connectivity index (χ3n) is 4.65. The average molecular weight is 503 g/mol. The Bertz CT molecular complexity index is 517. The van der Waals surface area contributed by atoms with Gasteiger partial charge in [-0.1, -0.05) is 13.8 Å². The van der Waals surface area contributed by atoms with Crippen molar-refractivity contribution < 1.29 is 8.42 Å². The highest BCUT2D eigenvalue weighted by Crippen LogP contribution is 2.23. The van der Waals surface area contributed by atoms with E-state index < -0.39 is 14.6 Å². The van der Waals surface area contributed by atoms with Gasteiger partial charge in [0.15, 0.2) is 15.8 Å². The van der Waals surface area contributed by atoms with Crippen LogP contribution in [0.15, 0.2) is 4.99 Å². The van der Waals surface area contributed by atoms with E-state index in [4.69, 9.17) is 4.99 Å². The minimum absolute atomic E-state index is 0. The van der Waals surface area contributed by atoms with Gasteiger partial charge < -0.3 is 15.1 Å². The van der Waals surface area contributed by atoms with Gasteiger partial charge in [0.25, 0.3) is 0 Å². The molecule has 1 fully saturated rings. The molecule has 0 aromatic heterocycles. The molecule has 1 saturated heterocycles. The number of sulfone groups is 1. The predicted molar refractivity (Wildman–Crippen MR) is 122 cm³/mol. The Morgan fingerprint density at radius 2 is 1.77 bits per heavy atom. The smallest absolute Gasteiger partial charge is 0.193 e. The standard InChI is InChI=1S/C18H38N4O2S.HI/c1-6-11-21(12-7-2)13-9-10-20-17(19-8-3)22-14-15-25(23,24)18(4,5)16-22;/h6-16H2,1-5H3,(H,19,20);1H. The Morgan fingerprint density at radius 3 is 2.27 bits per heavy atom. The summed E-state index contributed by atoms with van der Waals surface area (Å²) in [5.74, 6) is 1.05. The van der Waals surface area contributed by atoms with Gasteiger partial charge in [-0.25, -0.2) is 8.42 Å². The van der Waals surface area contributed by atoms with Crippen molar-refractivity contribution in [1.29, 1.82) is 0 Å². The molecule has 0 unspecified atom stereocenters. The zero-order chi connectivity index (χ0) is 18.9. The maximum atomic E-state index is 12.2. The summed E-state index contributed by atoms with van der Waals surface area (Å²) in [6, 6.07) is 0. The van der Waals surface area contributed by atoms with Gasteiger partial charge in [0.2, 0.25) is 0 Å². The van der Waals surface area contributed by atoms with Crippen molar-refractivity contribution in [3.63, 3.8) is 0 Å². The number of halogens is 1. The Morgan fingerprint density at radius 1 is 1.15 bits per heavy atom. The molecule has 1 heterocycles. The minimum Gasteiger partial charge on any atom is -0.357 e. The molecule has 0 amide bonds. The third kappa shape index (κ3) is 7.88. The van der Waals surface area contributed by atoms with Crippen LogP contribution in [0.25, 0.3) is 0 Å². The lowest BCUT2D eigenvalue weighted by molar-refractivity contribution is 0.272. The van der Waals surface area contributed by atoms with Gasteiger partial charge in [0.1, 0.15) is 0 Å².